The lowest BCUT2D eigenvalue weighted by Crippen LogP contribution is -2.60. The number of amides is 4. The number of nitrogens with zero attached hydrogens (tertiary/aromatic N) is 2. The summed E-state index contributed by atoms with van der Waals surface area (Å²) >= 11 is 1.87. The minimum Gasteiger partial charge on any atom is -0.390 e. The number of urea groups is 1. The van der Waals surface area contributed by atoms with Crippen LogP contribution in [-0.2, 0) is 42.7 Å². The van der Waals surface area contributed by atoms with E-state index in [1.54, 1.807) is 0 Å². The summed E-state index contributed by atoms with van der Waals surface area (Å²) in [5, 5.41) is 33.2. The zero-order valence-corrected chi connectivity index (χ0v) is 55.3. The van der Waals surface area contributed by atoms with Crippen LogP contribution in [0.2, 0.25) is 0 Å². The van der Waals surface area contributed by atoms with Crippen molar-refractivity contribution in [3.8, 4) is 0 Å². The van der Waals surface area contributed by atoms with E-state index < -0.39 is 17.8 Å². The van der Waals surface area contributed by atoms with E-state index in [-0.39, 0.29) is 81.2 Å². The fourth-order valence-corrected chi connectivity index (χ4v) is 18.3. The normalized spacial score (nSPS) is 33.9. The third-order valence-corrected chi connectivity index (χ3v) is 23.6. The fourth-order valence-electron chi connectivity index (χ4n) is 17.2. The number of hydrazine groups is 1. The second kappa shape index (κ2) is 30.0. The molecule has 5 aliphatic carbocycles. The number of morpholine rings is 1. The maximum absolute atomic E-state index is 13.8. The summed E-state index contributed by atoms with van der Waals surface area (Å²) in [7, 11) is 0. The Kier molecular flexibility index (Phi) is 24.4. The van der Waals surface area contributed by atoms with Gasteiger partial charge in [0, 0.05) is 94.9 Å². The third-order valence-electron chi connectivity index (χ3n) is 22.2. The van der Waals surface area contributed by atoms with Crippen molar-refractivity contribution in [2.45, 2.75) is 245 Å². The van der Waals surface area contributed by atoms with Gasteiger partial charge in [-0.15, -0.1) is 0 Å². The minimum atomic E-state index is -1.08. The molecule has 85 heavy (non-hydrogen) atoms. The molecule has 0 radical (unpaired) electrons. The number of aliphatic hydroxyl groups is 2. The molecule has 20 heteroatoms. The first-order valence-corrected chi connectivity index (χ1v) is 34.6. The summed E-state index contributed by atoms with van der Waals surface area (Å²) < 4.78 is 44.2. The maximum Gasteiger partial charge on any atom is 0.315 e. The van der Waals surface area contributed by atoms with E-state index in [4.69, 9.17) is 33.2 Å². The predicted molar refractivity (Wildman–Crippen MR) is 332 cm³/mol. The summed E-state index contributed by atoms with van der Waals surface area (Å²) in [5.74, 6) is 2.48. The predicted octanol–water partition coefficient (Wildman–Crippen LogP) is 7.54. The molecule has 0 aromatic rings. The monoisotopic (exact) mass is 1220 g/mol. The molecule has 2 spiro atoms. The first kappa shape index (κ1) is 69.0. The van der Waals surface area contributed by atoms with Gasteiger partial charge in [0.2, 0.25) is 11.8 Å². The molecule has 8 aliphatic rings. The number of ether oxygens (including phenoxy) is 7. The first-order chi connectivity index (χ1) is 40.4. The van der Waals surface area contributed by atoms with Gasteiger partial charge in [0.05, 0.1) is 74.8 Å². The van der Waals surface area contributed by atoms with Crippen LogP contribution in [0.4, 0.5) is 4.79 Å². The van der Waals surface area contributed by atoms with Crippen LogP contribution in [0.5, 0.6) is 0 Å². The lowest BCUT2D eigenvalue weighted by molar-refractivity contribution is -0.248. The molecule has 19 nitrogen and oxygen atoms in total. The van der Waals surface area contributed by atoms with E-state index in [9.17, 15) is 24.6 Å². The molecule has 0 aromatic carbocycles. The van der Waals surface area contributed by atoms with Gasteiger partial charge in [0.25, 0.3) is 0 Å². The molecule has 4 amide bonds. The topological polar surface area (TPSA) is 243 Å². The van der Waals surface area contributed by atoms with Crippen LogP contribution in [0.15, 0.2) is 0 Å². The number of thioether (sulfide) groups is 1. The molecule has 3 heterocycles. The number of hydrogen-bond donors (Lipinski definition) is 7. The summed E-state index contributed by atoms with van der Waals surface area (Å²) in [6.07, 6.45) is 13.8. The van der Waals surface area contributed by atoms with Gasteiger partial charge in [-0.1, -0.05) is 54.9 Å². The van der Waals surface area contributed by atoms with Crippen molar-refractivity contribution in [2.24, 2.45) is 44.8 Å². The van der Waals surface area contributed by atoms with E-state index in [1.165, 1.54) is 12.8 Å². The van der Waals surface area contributed by atoms with Crippen molar-refractivity contribution in [3.63, 3.8) is 0 Å². The molecular weight excluding hydrogens is 1100 g/mol. The van der Waals surface area contributed by atoms with Gasteiger partial charge in [-0.2, -0.15) is 11.8 Å². The van der Waals surface area contributed by atoms with Gasteiger partial charge in [-0.25, -0.2) is 15.6 Å². The number of rotatable bonds is 38. The minimum absolute atomic E-state index is 0.0382. The maximum atomic E-state index is 13.8. The molecular formula is C65H117N7O12S. The van der Waals surface area contributed by atoms with Crippen LogP contribution in [0.3, 0.4) is 0 Å². The molecule has 10 unspecified atom stereocenters. The van der Waals surface area contributed by atoms with E-state index in [2.05, 4.69) is 87.1 Å². The first-order valence-electron chi connectivity index (χ1n) is 33.5. The fraction of sp³-hybridized carbons (Fsp3) is 0.954. The molecule has 3 saturated heterocycles. The van der Waals surface area contributed by atoms with Crippen molar-refractivity contribution in [1.82, 2.24) is 36.6 Å². The van der Waals surface area contributed by atoms with Gasteiger partial charge >= 0.3 is 6.03 Å². The number of unbranched alkanes of at least 4 members (excludes halogenated alkanes) is 1. The number of carbonyl (C=O) groups excluding carboxylic acids is 3. The van der Waals surface area contributed by atoms with Crippen molar-refractivity contribution < 1.29 is 57.8 Å². The van der Waals surface area contributed by atoms with Gasteiger partial charge in [0.15, 0.2) is 6.29 Å². The smallest absolute Gasteiger partial charge is 0.315 e. The molecule has 14 atom stereocenters. The Hall–Kier alpha value is -1.92. The highest BCUT2D eigenvalue weighted by Gasteiger charge is 2.83. The van der Waals surface area contributed by atoms with Crippen LogP contribution in [0, 0.1) is 44.8 Å². The highest BCUT2D eigenvalue weighted by atomic mass is 32.2. The molecule has 7 N–H and O–H groups in total. The Morgan fingerprint density at radius 1 is 0.894 bits per heavy atom. The van der Waals surface area contributed by atoms with Crippen LogP contribution >= 0.6 is 11.8 Å². The van der Waals surface area contributed by atoms with Crippen LogP contribution in [0.25, 0.3) is 0 Å². The molecule has 0 aromatic heterocycles. The van der Waals surface area contributed by atoms with Gasteiger partial charge in [-0.05, 0) is 157 Å². The van der Waals surface area contributed by atoms with Crippen LogP contribution in [-0.4, -0.2) is 202 Å². The second-order valence-electron chi connectivity index (χ2n) is 29.4. The quantitative estimate of drug-likeness (QED) is 0.0233. The van der Waals surface area contributed by atoms with Crippen LogP contribution in [0.1, 0.15) is 185 Å². The van der Waals surface area contributed by atoms with E-state index in [0.717, 1.165) is 102 Å². The zero-order chi connectivity index (χ0) is 61.3. The van der Waals surface area contributed by atoms with E-state index >= 15 is 0 Å². The standard InChI is InChI=1S/C65H117N7O12S/c1-12-81-57(60(7,8)77)48(39-45(2)3)83-49-40-61(9)25-26-65-44-64(65)24-21-52(59(5,6)50(64)19-20-51(65)63(61,11)56(49)75)84-55-42-71(31-34-82-55)29-30-72(54(74)22-23-62(10)69-70-62)28-16-33-79-36-38-80-37-35-78-32-15-27-66-53(73)18-14-13-17-46(4)85-43-47-41-67-58(76)68-47/h45-52,55-57,69-70,75,77H,12-44H2,1-11H3,(H,66,73)(H2,67,68,76)/t46?,47?,48?,49?,50-,51?,52?,55-,56-,57?,61?,63+,64?,65?/m0/s1. The van der Waals surface area contributed by atoms with E-state index in [1.807, 2.05) is 37.4 Å². The summed E-state index contributed by atoms with van der Waals surface area (Å²) in [6.45, 7) is 33.0. The summed E-state index contributed by atoms with van der Waals surface area (Å²) in [5.41, 5.74) is 5.24. The molecule has 490 valence electrons. The molecule has 0 bridgehead atoms. The Balaban J connectivity index is 0.717. The van der Waals surface area contributed by atoms with Crippen LogP contribution < -0.4 is 26.8 Å². The Labute approximate surface area is 515 Å². The molecule has 8 rings (SSSR count). The SMILES string of the molecule is CCOC(C(CC(C)C)OC1CC2(C)CCC34CC35CCC(O[C@H]3CN(CCN(CCCOCCOCCOCCCNC(=O)CCCCC(C)SCC6CNC(=O)N6)C(=O)CCC6(C)NN6)CCO3)C(C)(C)[C@@H]5CCC4[C@]2(C)[C@H]1O)C(C)(C)O. The van der Waals surface area contributed by atoms with Crippen molar-refractivity contribution in [2.75, 3.05) is 104 Å². The lowest BCUT2D eigenvalue weighted by atomic mass is 9.42. The summed E-state index contributed by atoms with van der Waals surface area (Å²) in [6, 6.07) is 0.121. The average molecular weight is 1220 g/mol. The van der Waals surface area contributed by atoms with Gasteiger partial charge < -0.3 is 64.2 Å². The zero-order valence-electron chi connectivity index (χ0n) is 54.5. The van der Waals surface area contributed by atoms with Gasteiger partial charge in [-0.3, -0.25) is 14.5 Å². The van der Waals surface area contributed by atoms with Crippen molar-refractivity contribution in [1.29, 1.82) is 0 Å². The molecule has 8 fully saturated rings. The molecule has 3 aliphatic heterocycles. The van der Waals surface area contributed by atoms with Crippen molar-refractivity contribution in [3.05, 3.63) is 0 Å². The number of fused-ring (bicyclic) bond motifs is 2. The largest absolute Gasteiger partial charge is 0.390 e. The second-order valence-corrected chi connectivity index (χ2v) is 30.9. The highest BCUT2D eigenvalue weighted by Crippen LogP contribution is 2.88. The van der Waals surface area contributed by atoms with E-state index in [0.29, 0.717) is 121 Å². The van der Waals surface area contributed by atoms with Crippen molar-refractivity contribution >= 4 is 29.6 Å². The Morgan fingerprint density at radius 3 is 2.28 bits per heavy atom. The molecule has 5 saturated carbocycles. The third kappa shape index (κ3) is 17.0. The lowest BCUT2D eigenvalue weighted by Gasteiger charge is -2.63. The number of nitrogens with one attached hydrogen (secondary N) is 5. The highest BCUT2D eigenvalue weighted by molar-refractivity contribution is 7.99. The Morgan fingerprint density at radius 2 is 1.60 bits per heavy atom. The number of carbonyl (C=O) groups is 3. The van der Waals surface area contributed by atoms with Gasteiger partial charge in [0.1, 0.15) is 6.10 Å². The average Bonchev–Trinajstić information content (AvgIpc) is 1.47. The number of aliphatic hydroxyl groups excluding tert-OH is 1. The Bertz CT molecular complexity index is 2140. The summed E-state index contributed by atoms with van der Waals surface area (Å²) in [4.78, 5) is 41.8. The number of hydrogen-bond acceptors (Lipinski definition) is 16.